The van der Waals surface area contributed by atoms with E-state index >= 15 is 0 Å². The molecule has 0 atom stereocenters. The number of rotatable bonds is 3. The summed E-state index contributed by atoms with van der Waals surface area (Å²) in [5.41, 5.74) is 0. The van der Waals surface area contributed by atoms with Gasteiger partial charge in [-0.2, -0.15) is 0 Å². The summed E-state index contributed by atoms with van der Waals surface area (Å²) in [7, 11) is 1.48. The van der Waals surface area contributed by atoms with Crippen LogP contribution >= 0.6 is 12.2 Å². The maximum Gasteiger partial charge on any atom is 0.418 e. The zero-order chi connectivity index (χ0) is 9.68. The van der Waals surface area contributed by atoms with Crippen LogP contribution in [0.4, 0.5) is 4.79 Å². The minimum absolute atomic E-state index is 0.237. The zero-order valence-electron chi connectivity index (χ0n) is 7.73. The van der Waals surface area contributed by atoms with E-state index in [9.17, 15) is 4.79 Å². The molecule has 1 amide bonds. The van der Waals surface area contributed by atoms with Gasteiger partial charge in [0.05, 0.1) is 6.10 Å². The van der Waals surface area contributed by atoms with Gasteiger partial charge in [0, 0.05) is 7.05 Å². The molecule has 0 radical (unpaired) electrons. The highest BCUT2D eigenvalue weighted by Gasteiger charge is 2.16. The van der Waals surface area contributed by atoms with Crippen molar-refractivity contribution in [1.29, 1.82) is 0 Å². The van der Waals surface area contributed by atoms with Gasteiger partial charge in [0.15, 0.2) is 0 Å². The van der Waals surface area contributed by atoms with Crippen molar-refractivity contribution in [2.45, 2.75) is 38.2 Å². The van der Waals surface area contributed by atoms with Crippen molar-refractivity contribution >= 4 is 18.3 Å². The highest BCUT2D eigenvalue weighted by Crippen LogP contribution is 2.24. The molecule has 1 saturated carbocycles. The Kier molecular flexibility index (Phi) is 4.38. The minimum atomic E-state index is -0.971. The zero-order valence-corrected chi connectivity index (χ0v) is 8.55. The molecular formula is C8H15NO3S. The third kappa shape index (κ3) is 3.87. The van der Waals surface area contributed by atoms with E-state index in [2.05, 4.69) is 0 Å². The fourth-order valence-corrected chi connectivity index (χ4v) is 1.83. The molecule has 0 aromatic carbocycles. The van der Waals surface area contributed by atoms with E-state index in [1.165, 1.54) is 26.3 Å². The summed E-state index contributed by atoms with van der Waals surface area (Å²) in [6.45, 7) is 0. The lowest BCUT2D eigenvalue weighted by Crippen LogP contribution is -2.21. The summed E-state index contributed by atoms with van der Waals surface area (Å²) < 4.78 is 6.45. The van der Waals surface area contributed by atoms with Gasteiger partial charge < -0.3 is 5.11 Å². The van der Waals surface area contributed by atoms with Crippen LogP contribution in [-0.2, 0) is 4.18 Å². The minimum Gasteiger partial charge on any atom is -0.464 e. The van der Waals surface area contributed by atoms with Crippen molar-refractivity contribution in [1.82, 2.24) is 4.31 Å². The molecule has 4 nitrogen and oxygen atoms in total. The number of nitrogens with zero attached hydrogens (tertiary/aromatic N) is 1. The highest BCUT2D eigenvalue weighted by molar-refractivity contribution is 7.92. The number of hydrogen-bond donors (Lipinski definition) is 1. The Balaban J connectivity index is 2.13. The Labute approximate surface area is 82.6 Å². The third-order valence-corrected chi connectivity index (χ3v) is 2.85. The van der Waals surface area contributed by atoms with E-state index in [-0.39, 0.29) is 6.10 Å². The quantitative estimate of drug-likeness (QED) is 0.568. The van der Waals surface area contributed by atoms with Gasteiger partial charge in [0.2, 0.25) is 0 Å². The molecule has 1 aliphatic rings. The van der Waals surface area contributed by atoms with E-state index in [4.69, 9.17) is 9.29 Å². The first-order chi connectivity index (χ1) is 6.20. The second kappa shape index (κ2) is 5.34. The number of hydrogen-bond acceptors (Lipinski definition) is 3. The van der Waals surface area contributed by atoms with Gasteiger partial charge >= 0.3 is 6.09 Å². The molecule has 0 aliphatic heterocycles. The van der Waals surface area contributed by atoms with Crippen LogP contribution in [0.25, 0.3) is 0 Å². The molecule has 76 valence electrons. The Hall–Kier alpha value is -0.420. The maximum atomic E-state index is 10.4. The van der Waals surface area contributed by atoms with Crippen LogP contribution in [0, 0.1) is 0 Å². The first-order valence-electron chi connectivity index (χ1n) is 4.50. The Morgan fingerprint density at radius 1 is 1.46 bits per heavy atom. The van der Waals surface area contributed by atoms with Crippen LogP contribution in [-0.4, -0.2) is 28.7 Å². The largest absolute Gasteiger partial charge is 0.464 e. The Bertz CT molecular complexity index is 171. The second-order valence-electron chi connectivity index (χ2n) is 3.21. The fourth-order valence-electron chi connectivity index (χ4n) is 1.32. The van der Waals surface area contributed by atoms with Crippen molar-refractivity contribution in [3.05, 3.63) is 0 Å². The fraction of sp³-hybridized carbons (Fsp3) is 0.875. The highest BCUT2D eigenvalue weighted by atomic mass is 32.2. The first kappa shape index (κ1) is 10.7. The summed E-state index contributed by atoms with van der Waals surface area (Å²) in [6, 6.07) is 0. The lowest BCUT2D eigenvalue weighted by Gasteiger charge is -2.22. The molecule has 0 spiro atoms. The van der Waals surface area contributed by atoms with Gasteiger partial charge in [-0.25, -0.2) is 9.10 Å². The van der Waals surface area contributed by atoms with E-state index in [0.29, 0.717) is 0 Å². The topological polar surface area (TPSA) is 49.8 Å². The molecule has 1 rings (SSSR count). The van der Waals surface area contributed by atoms with Crippen LogP contribution < -0.4 is 0 Å². The molecule has 1 fully saturated rings. The summed E-state index contributed by atoms with van der Waals surface area (Å²) in [4.78, 5) is 10.4. The van der Waals surface area contributed by atoms with Crippen molar-refractivity contribution in [2.24, 2.45) is 0 Å². The van der Waals surface area contributed by atoms with Crippen LogP contribution in [0.5, 0.6) is 0 Å². The van der Waals surface area contributed by atoms with Crippen molar-refractivity contribution in [3.63, 3.8) is 0 Å². The van der Waals surface area contributed by atoms with Crippen LogP contribution in [0.15, 0.2) is 0 Å². The van der Waals surface area contributed by atoms with E-state index < -0.39 is 6.09 Å². The molecule has 0 unspecified atom stereocenters. The first-order valence-corrected chi connectivity index (χ1v) is 5.20. The van der Waals surface area contributed by atoms with Gasteiger partial charge in [-0.3, -0.25) is 4.18 Å². The normalized spacial score (nSPS) is 18.5. The monoisotopic (exact) mass is 205 g/mol. The van der Waals surface area contributed by atoms with Gasteiger partial charge in [-0.1, -0.05) is 19.3 Å². The molecule has 1 aliphatic carbocycles. The van der Waals surface area contributed by atoms with Crippen molar-refractivity contribution < 1.29 is 14.1 Å². The third-order valence-electron chi connectivity index (χ3n) is 2.11. The Morgan fingerprint density at radius 3 is 2.62 bits per heavy atom. The molecular weight excluding hydrogens is 190 g/mol. The van der Waals surface area contributed by atoms with Gasteiger partial charge in [-0.05, 0) is 12.8 Å². The molecule has 0 saturated heterocycles. The average Bonchev–Trinajstić information content (AvgIpc) is 2.15. The predicted octanol–water partition coefficient (Wildman–Crippen LogP) is 2.51. The lowest BCUT2D eigenvalue weighted by atomic mass is 9.98. The molecule has 1 N–H and O–H groups in total. The van der Waals surface area contributed by atoms with Gasteiger partial charge in [-0.15, -0.1) is 0 Å². The van der Waals surface area contributed by atoms with Crippen molar-refractivity contribution in [2.75, 3.05) is 7.05 Å². The van der Waals surface area contributed by atoms with E-state index in [1.807, 2.05) is 0 Å². The second-order valence-corrected chi connectivity index (χ2v) is 4.10. The van der Waals surface area contributed by atoms with Gasteiger partial charge in [0.25, 0.3) is 0 Å². The van der Waals surface area contributed by atoms with Crippen molar-refractivity contribution in [3.8, 4) is 0 Å². The summed E-state index contributed by atoms with van der Waals surface area (Å²) in [6.07, 6.45) is 5.05. The maximum absolute atomic E-state index is 10.4. The molecule has 13 heavy (non-hydrogen) atoms. The average molecular weight is 205 g/mol. The SMILES string of the molecule is CN(SOC1CCCCC1)C(=O)O. The molecule has 5 heteroatoms. The molecule has 0 heterocycles. The number of carboxylic acid groups (broad SMARTS) is 1. The summed E-state index contributed by atoms with van der Waals surface area (Å²) in [5.74, 6) is 0. The lowest BCUT2D eigenvalue weighted by molar-refractivity contribution is 0.162. The van der Waals surface area contributed by atoms with E-state index in [1.54, 1.807) is 0 Å². The van der Waals surface area contributed by atoms with Crippen LogP contribution in [0.3, 0.4) is 0 Å². The number of carbonyl (C=O) groups is 1. The Morgan fingerprint density at radius 2 is 2.08 bits per heavy atom. The summed E-state index contributed by atoms with van der Waals surface area (Å²) in [5, 5.41) is 8.54. The molecule has 0 aromatic heterocycles. The smallest absolute Gasteiger partial charge is 0.418 e. The van der Waals surface area contributed by atoms with Crippen LogP contribution in [0.2, 0.25) is 0 Å². The van der Waals surface area contributed by atoms with E-state index in [0.717, 1.165) is 29.4 Å². The molecule has 0 bridgehead atoms. The van der Waals surface area contributed by atoms with Crippen LogP contribution in [0.1, 0.15) is 32.1 Å². The predicted molar refractivity (Wildman–Crippen MR) is 51.3 cm³/mol. The number of amides is 1. The van der Waals surface area contributed by atoms with Gasteiger partial charge in [0.1, 0.15) is 12.2 Å². The standard InChI is InChI=1S/C8H15NO3S/c1-9(8(10)11)13-12-7-5-3-2-4-6-7/h7H,2-6H2,1H3,(H,10,11). The molecule has 0 aromatic rings. The summed E-state index contributed by atoms with van der Waals surface area (Å²) >= 11 is 0.925.